The van der Waals surface area contributed by atoms with Crippen molar-refractivity contribution in [2.24, 2.45) is 0 Å². The minimum Gasteiger partial charge on any atom is -0.500 e. The highest BCUT2D eigenvalue weighted by atomic mass is 16.7. The number of carbonyl (C=O) groups excluding carboxylic acids is 2. The van der Waals surface area contributed by atoms with Crippen LogP contribution < -0.4 is 0 Å². The number of hydrogen-bond acceptors (Lipinski definition) is 5. The first kappa shape index (κ1) is 10.6. The molecule has 5 nitrogen and oxygen atoms in total. The maximum atomic E-state index is 11.3. The number of esters is 2. The SMILES string of the molecule is CCOC=C1C(=O)OC(C)(C)OC1=O. The Morgan fingerprint density at radius 2 is 1.79 bits per heavy atom. The second-order valence-corrected chi connectivity index (χ2v) is 3.17. The molecule has 1 fully saturated rings. The average Bonchev–Trinajstić information content (AvgIpc) is 2.00. The van der Waals surface area contributed by atoms with E-state index in [1.165, 1.54) is 13.8 Å². The van der Waals surface area contributed by atoms with E-state index in [1.807, 2.05) is 0 Å². The lowest BCUT2D eigenvalue weighted by molar-refractivity contribution is -0.222. The zero-order chi connectivity index (χ0) is 10.8. The molecule has 78 valence electrons. The van der Waals surface area contributed by atoms with E-state index in [4.69, 9.17) is 14.2 Å². The summed E-state index contributed by atoms with van der Waals surface area (Å²) in [6.07, 6.45) is 1.06. The number of carbonyl (C=O) groups is 2. The molecule has 5 heteroatoms. The fourth-order valence-electron chi connectivity index (χ4n) is 0.923. The molecule has 0 saturated carbocycles. The van der Waals surface area contributed by atoms with E-state index >= 15 is 0 Å². The van der Waals surface area contributed by atoms with Gasteiger partial charge in [0.15, 0.2) is 5.57 Å². The van der Waals surface area contributed by atoms with E-state index in [0.717, 1.165) is 6.26 Å². The van der Waals surface area contributed by atoms with Crippen molar-refractivity contribution < 1.29 is 23.8 Å². The van der Waals surface area contributed by atoms with E-state index in [-0.39, 0.29) is 5.57 Å². The van der Waals surface area contributed by atoms with Crippen molar-refractivity contribution >= 4 is 11.9 Å². The molecule has 1 aliphatic heterocycles. The third kappa shape index (κ3) is 2.25. The average molecular weight is 200 g/mol. The molecular formula is C9H12O5. The van der Waals surface area contributed by atoms with Crippen molar-refractivity contribution in [2.75, 3.05) is 6.61 Å². The van der Waals surface area contributed by atoms with E-state index in [2.05, 4.69) is 0 Å². The molecule has 0 aliphatic carbocycles. The Balaban J connectivity index is 2.81. The predicted molar refractivity (Wildman–Crippen MR) is 46.0 cm³/mol. The van der Waals surface area contributed by atoms with Gasteiger partial charge >= 0.3 is 11.9 Å². The van der Waals surface area contributed by atoms with Crippen LogP contribution in [0.1, 0.15) is 20.8 Å². The molecule has 0 aromatic rings. The summed E-state index contributed by atoms with van der Waals surface area (Å²) in [5.41, 5.74) is -0.217. The lowest BCUT2D eigenvalue weighted by Gasteiger charge is -2.29. The third-order valence-corrected chi connectivity index (χ3v) is 1.48. The van der Waals surface area contributed by atoms with Gasteiger partial charge in [-0.2, -0.15) is 0 Å². The highest BCUT2D eigenvalue weighted by molar-refractivity contribution is 6.15. The monoisotopic (exact) mass is 200 g/mol. The molecule has 0 N–H and O–H groups in total. The summed E-state index contributed by atoms with van der Waals surface area (Å²) in [5.74, 6) is -2.64. The van der Waals surface area contributed by atoms with Crippen molar-refractivity contribution in [3.05, 3.63) is 11.8 Å². The molecule has 0 bridgehead atoms. The van der Waals surface area contributed by atoms with Crippen molar-refractivity contribution in [3.63, 3.8) is 0 Å². The highest BCUT2D eigenvalue weighted by Gasteiger charge is 2.39. The van der Waals surface area contributed by atoms with Gasteiger partial charge in [0.2, 0.25) is 0 Å². The molecule has 0 aromatic carbocycles. The summed E-state index contributed by atoms with van der Waals surface area (Å²) >= 11 is 0. The Bertz CT molecular complexity index is 268. The number of rotatable bonds is 2. The van der Waals surface area contributed by atoms with Gasteiger partial charge in [0.1, 0.15) is 6.26 Å². The Morgan fingerprint density at radius 3 is 2.21 bits per heavy atom. The predicted octanol–water partition coefficient (Wildman–Crippen LogP) is 0.743. The zero-order valence-electron chi connectivity index (χ0n) is 8.33. The van der Waals surface area contributed by atoms with Gasteiger partial charge in [0.25, 0.3) is 5.79 Å². The van der Waals surface area contributed by atoms with Crippen LogP contribution >= 0.6 is 0 Å². The van der Waals surface area contributed by atoms with Gasteiger partial charge in [-0.3, -0.25) is 0 Å². The highest BCUT2D eigenvalue weighted by Crippen LogP contribution is 2.22. The molecule has 1 aliphatic rings. The fraction of sp³-hybridized carbons (Fsp3) is 0.556. The summed E-state index contributed by atoms with van der Waals surface area (Å²) in [6.45, 7) is 5.08. The fourth-order valence-corrected chi connectivity index (χ4v) is 0.923. The zero-order valence-corrected chi connectivity index (χ0v) is 8.33. The van der Waals surface area contributed by atoms with Crippen molar-refractivity contribution in [1.82, 2.24) is 0 Å². The molecule has 0 atom stereocenters. The van der Waals surface area contributed by atoms with Crippen LogP contribution in [-0.2, 0) is 23.8 Å². The molecule has 0 amide bonds. The lowest BCUT2D eigenvalue weighted by Crippen LogP contribution is -2.41. The summed E-state index contributed by atoms with van der Waals surface area (Å²) in [5, 5.41) is 0. The Labute approximate surface area is 81.6 Å². The minimum absolute atomic E-state index is 0.217. The van der Waals surface area contributed by atoms with Crippen LogP contribution in [0.25, 0.3) is 0 Å². The van der Waals surface area contributed by atoms with Crippen LogP contribution in [0.5, 0.6) is 0 Å². The maximum absolute atomic E-state index is 11.3. The minimum atomic E-state index is -1.20. The normalized spacial score (nSPS) is 19.8. The van der Waals surface area contributed by atoms with Crippen LogP contribution in [0.3, 0.4) is 0 Å². The van der Waals surface area contributed by atoms with Crippen LogP contribution in [0, 0.1) is 0 Å². The summed E-state index contributed by atoms with van der Waals surface area (Å²) < 4.78 is 14.5. The molecular weight excluding hydrogens is 188 g/mol. The van der Waals surface area contributed by atoms with Crippen LogP contribution in [-0.4, -0.2) is 24.3 Å². The smallest absolute Gasteiger partial charge is 0.352 e. The molecule has 0 spiro atoms. The van der Waals surface area contributed by atoms with Gasteiger partial charge < -0.3 is 14.2 Å². The number of hydrogen-bond donors (Lipinski definition) is 0. The van der Waals surface area contributed by atoms with Crippen molar-refractivity contribution in [1.29, 1.82) is 0 Å². The quantitative estimate of drug-likeness (QED) is 0.285. The topological polar surface area (TPSA) is 61.8 Å². The maximum Gasteiger partial charge on any atom is 0.352 e. The lowest BCUT2D eigenvalue weighted by atomic mass is 10.2. The molecule has 14 heavy (non-hydrogen) atoms. The molecule has 0 unspecified atom stereocenters. The Hall–Kier alpha value is -1.52. The second-order valence-electron chi connectivity index (χ2n) is 3.17. The number of ether oxygens (including phenoxy) is 3. The molecule has 0 aromatic heterocycles. The standard InChI is InChI=1S/C9H12O5/c1-4-12-5-6-7(10)13-9(2,3)14-8(6)11/h5H,4H2,1-3H3. The largest absolute Gasteiger partial charge is 0.500 e. The Kier molecular flexibility index (Phi) is 2.78. The first-order valence-electron chi connectivity index (χ1n) is 4.24. The summed E-state index contributed by atoms with van der Waals surface area (Å²) in [7, 11) is 0. The summed E-state index contributed by atoms with van der Waals surface area (Å²) in [6, 6.07) is 0. The molecule has 0 radical (unpaired) electrons. The van der Waals surface area contributed by atoms with Crippen LogP contribution in [0.4, 0.5) is 0 Å². The van der Waals surface area contributed by atoms with Gasteiger partial charge in [-0.1, -0.05) is 0 Å². The van der Waals surface area contributed by atoms with Crippen LogP contribution in [0.15, 0.2) is 11.8 Å². The van der Waals surface area contributed by atoms with Gasteiger partial charge in [0.05, 0.1) is 6.61 Å². The van der Waals surface area contributed by atoms with Gasteiger partial charge in [-0.25, -0.2) is 9.59 Å². The second kappa shape index (κ2) is 3.69. The van der Waals surface area contributed by atoms with E-state index in [9.17, 15) is 9.59 Å². The Morgan fingerprint density at radius 1 is 1.29 bits per heavy atom. The first-order chi connectivity index (χ1) is 6.46. The molecule has 1 heterocycles. The molecule has 1 rings (SSSR count). The third-order valence-electron chi connectivity index (χ3n) is 1.48. The van der Waals surface area contributed by atoms with Crippen molar-refractivity contribution in [3.8, 4) is 0 Å². The van der Waals surface area contributed by atoms with E-state index < -0.39 is 17.7 Å². The van der Waals surface area contributed by atoms with Gasteiger partial charge in [-0.05, 0) is 6.92 Å². The van der Waals surface area contributed by atoms with Gasteiger partial charge in [0, 0.05) is 13.8 Å². The van der Waals surface area contributed by atoms with E-state index in [1.54, 1.807) is 6.92 Å². The van der Waals surface area contributed by atoms with Crippen molar-refractivity contribution in [2.45, 2.75) is 26.6 Å². The van der Waals surface area contributed by atoms with Crippen LogP contribution in [0.2, 0.25) is 0 Å². The van der Waals surface area contributed by atoms with E-state index in [0.29, 0.717) is 6.61 Å². The van der Waals surface area contributed by atoms with Gasteiger partial charge in [-0.15, -0.1) is 0 Å². The first-order valence-corrected chi connectivity index (χ1v) is 4.24. The molecule has 1 saturated heterocycles. The summed E-state index contributed by atoms with van der Waals surface area (Å²) in [4.78, 5) is 22.5. The number of cyclic esters (lactones) is 2.